The van der Waals surface area contributed by atoms with Gasteiger partial charge in [0.05, 0.1) is 0 Å². The first-order chi connectivity index (χ1) is 9.80. The predicted octanol–water partition coefficient (Wildman–Crippen LogP) is -0.00680. The van der Waals surface area contributed by atoms with Crippen LogP contribution in [0.25, 0.3) is 0 Å². The number of rotatable bonds is 2. The molecule has 0 aliphatic heterocycles. The van der Waals surface area contributed by atoms with Crippen LogP contribution in [-0.2, 0) is 8.53 Å². The number of phenolic OH excluding ortho intramolecular Hbond substituents is 1. The van der Waals surface area contributed by atoms with Gasteiger partial charge in [-0.25, -0.2) is 0 Å². The number of phenols is 1. The minimum atomic E-state index is -4.98. The molecule has 21 heavy (non-hydrogen) atoms. The van der Waals surface area contributed by atoms with Gasteiger partial charge < -0.3 is 0 Å². The third-order valence-electron chi connectivity index (χ3n) is 2.19. The molecular weight excluding hydrogens is 339 g/mol. The van der Waals surface area contributed by atoms with Crippen LogP contribution in [0.5, 0.6) is 5.75 Å². The van der Waals surface area contributed by atoms with Crippen LogP contribution in [0.15, 0.2) is 48.8 Å². The summed E-state index contributed by atoms with van der Waals surface area (Å²) >= 11 is -4.98. The monoisotopic (exact) mass is 354 g/mol. The number of amides is 1. The first-order valence-electron chi connectivity index (χ1n) is 5.82. The number of aromatic hydroxyl groups is 1. The molecule has 7 nitrogen and oxygen atoms in total. The maximum absolute atomic E-state index is 10.9. The van der Waals surface area contributed by atoms with Gasteiger partial charge in [-0.1, -0.05) is 6.07 Å². The second-order valence-electron chi connectivity index (χ2n) is 3.95. The van der Waals surface area contributed by atoms with Crippen molar-refractivity contribution in [3.8, 4) is 5.75 Å². The fourth-order valence-electron chi connectivity index (χ4n) is 1.31. The molecule has 0 saturated carbocycles. The second kappa shape index (κ2) is 7.63. The Morgan fingerprint density at radius 2 is 1.81 bits per heavy atom. The zero-order valence-corrected chi connectivity index (χ0v) is 13.0. The molecule has 2 aromatic rings. The number of benzene rings is 1. The topological polar surface area (TPSA) is 120 Å². The quantitative estimate of drug-likeness (QED) is 0.445. The van der Waals surface area contributed by atoms with E-state index in [1.807, 2.05) is 18.2 Å². The van der Waals surface area contributed by atoms with Gasteiger partial charge in [0.25, 0.3) is 0 Å². The Hall–Kier alpha value is -2.08. The number of carbonyl (C=O) groups is 1. The van der Waals surface area contributed by atoms with Crippen molar-refractivity contribution in [3.05, 3.63) is 48.8 Å². The van der Waals surface area contributed by atoms with E-state index < -0.39 is 20.1 Å². The van der Waals surface area contributed by atoms with Crippen molar-refractivity contribution in [1.82, 2.24) is 4.98 Å². The largest absolute Gasteiger partial charge is 0.265 e. The van der Waals surface area contributed by atoms with Crippen LogP contribution in [0.2, 0.25) is 0 Å². The van der Waals surface area contributed by atoms with Crippen LogP contribution in [0, 0.1) is 0 Å². The summed E-state index contributed by atoms with van der Waals surface area (Å²) in [5.74, 6) is -0.668. The first kappa shape index (κ1) is 17.0. The van der Waals surface area contributed by atoms with Crippen LogP contribution in [-0.4, -0.2) is 38.4 Å². The van der Waals surface area contributed by atoms with Crippen LogP contribution in [0.3, 0.4) is 0 Å². The summed E-state index contributed by atoms with van der Waals surface area (Å²) in [7, 11) is 0. The minimum absolute atomic E-state index is 0.00951. The van der Waals surface area contributed by atoms with Crippen LogP contribution in [0.1, 0.15) is 6.92 Å². The van der Waals surface area contributed by atoms with E-state index in [2.05, 4.69) is 10.3 Å². The Morgan fingerprint density at radius 3 is 2.19 bits per heavy atom. The molecule has 1 heterocycles. The standard InChI is InChI=1S/C8H10AsNO5.C5H5N/c1-5(11)10-7-4-6(9(13,14)15)2-3-8(7)12;1-2-4-6-5-3-1/h2-4,12H,1H3,(H,10,11)(H2,13,14,15);1-5H. The molecule has 0 unspecified atom stereocenters. The predicted molar refractivity (Wildman–Crippen MR) is 77.2 cm³/mol. The van der Waals surface area contributed by atoms with Crippen molar-refractivity contribution in [2.45, 2.75) is 6.92 Å². The van der Waals surface area contributed by atoms with E-state index in [4.69, 9.17) is 8.19 Å². The van der Waals surface area contributed by atoms with E-state index >= 15 is 0 Å². The van der Waals surface area contributed by atoms with Crippen molar-refractivity contribution in [2.24, 2.45) is 0 Å². The van der Waals surface area contributed by atoms with Crippen molar-refractivity contribution in [2.75, 3.05) is 5.32 Å². The Labute approximate surface area is 124 Å². The number of carbonyl (C=O) groups excluding carboxylic acids is 1. The summed E-state index contributed by atoms with van der Waals surface area (Å²) in [6.07, 6.45) is 3.50. The van der Waals surface area contributed by atoms with Gasteiger partial charge in [0, 0.05) is 12.4 Å². The summed E-state index contributed by atoms with van der Waals surface area (Å²) in [5, 5.41) is 11.6. The Morgan fingerprint density at radius 1 is 1.19 bits per heavy atom. The van der Waals surface area contributed by atoms with Crippen LogP contribution < -0.4 is 9.67 Å². The molecule has 0 atom stereocenters. The number of nitrogens with zero attached hydrogens (tertiary/aromatic N) is 1. The number of hydrogen-bond donors (Lipinski definition) is 4. The molecule has 0 fully saturated rings. The summed E-state index contributed by atoms with van der Waals surface area (Å²) in [6.45, 7) is 1.23. The van der Waals surface area contributed by atoms with Gasteiger partial charge in [-0.2, -0.15) is 0 Å². The van der Waals surface area contributed by atoms with E-state index in [-0.39, 0.29) is 15.8 Å². The molecule has 1 amide bonds. The molecule has 8 heteroatoms. The van der Waals surface area contributed by atoms with Crippen molar-refractivity contribution in [1.29, 1.82) is 0 Å². The molecule has 1 aromatic carbocycles. The van der Waals surface area contributed by atoms with Gasteiger partial charge in [0.15, 0.2) is 0 Å². The van der Waals surface area contributed by atoms with Gasteiger partial charge in [0.2, 0.25) is 0 Å². The normalized spacial score (nSPS) is 10.2. The summed E-state index contributed by atoms with van der Waals surface area (Å²) in [5.41, 5.74) is -0.00951. The van der Waals surface area contributed by atoms with Crippen LogP contribution in [0.4, 0.5) is 5.69 Å². The molecule has 0 aliphatic carbocycles. The van der Waals surface area contributed by atoms with E-state index in [9.17, 15) is 13.6 Å². The molecule has 112 valence electrons. The Balaban J connectivity index is 0.000000304. The summed E-state index contributed by atoms with van der Waals surface area (Å²) in [6, 6.07) is 9.03. The van der Waals surface area contributed by atoms with Crippen molar-refractivity contribution in [3.63, 3.8) is 0 Å². The van der Waals surface area contributed by atoms with Gasteiger partial charge in [0.1, 0.15) is 0 Å². The zero-order valence-electron chi connectivity index (χ0n) is 11.2. The molecule has 2 rings (SSSR count). The molecule has 4 N–H and O–H groups in total. The molecule has 0 bridgehead atoms. The minimum Gasteiger partial charge on any atom is -0.265 e. The van der Waals surface area contributed by atoms with Gasteiger partial charge in [-0.15, -0.1) is 0 Å². The fraction of sp³-hybridized carbons (Fsp3) is 0.0769. The molecule has 0 radical (unpaired) electrons. The number of hydrogen-bond acceptors (Lipinski definition) is 4. The van der Waals surface area contributed by atoms with Gasteiger partial charge in [-0.3, -0.25) is 4.98 Å². The smallest absolute Gasteiger partial charge is 0.0267 e. The van der Waals surface area contributed by atoms with Gasteiger partial charge >= 0.3 is 88.1 Å². The summed E-state index contributed by atoms with van der Waals surface area (Å²) < 4.78 is 28.6. The first-order valence-corrected chi connectivity index (χ1v) is 9.20. The number of anilines is 1. The molecular formula is C13H15AsN2O5. The van der Waals surface area contributed by atoms with Crippen LogP contribution >= 0.6 is 0 Å². The van der Waals surface area contributed by atoms with Crippen molar-refractivity contribution >= 4 is 30.1 Å². The molecule has 0 aliphatic rings. The Kier molecular flexibility index (Phi) is 6.17. The molecule has 1 aromatic heterocycles. The Bertz CT molecular complexity index is 616. The maximum Gasteiger partial charge on any atom is 0.0267 e. The number of pyridine rings is 1. The zero-order chi connectivity index (χ0) is 15.9. The SMILES string of the molecule is CC(=O)Nc1cc([As](=O)(O)O)ccc1O.c1ccncc1. The third-order valence-corrected chi connectivity index (χ3v) is 4.19. The van der Waals surface area contributed by atoms with Gasteiger partial charge in [-0.05, 0) is 12.1 Å². The average molecular weight is 354 g/mol. The third kappa shape index (κ3) is 6.27. The molecule has 0 saturated heterocycles. The van der Waals surface area contributed by atoms with E-state index in [1.54, 1.807) is 12.4 Å². The second-order valence-corrected chi connectivity index (χ2v) is 7.32. The fourth-order valence-corrected chi connectivity index (χ4v) is 2.50. The average Bonchev–Trinajstić information content (AvgIpc) is 2.42. The van der Waals surface area contributed by atoms with E-state index in [1.165, 1.54) is 6.92 Å². The number of nitrogens with one attached hydrogen (secondary N) is 1. The van der Waals surface area contributed by atoms with E-state index in [0.29, 0.717) is 0 Å². The van der Waals surface area contributed by atoms with E-state index in [0.717, 1.165) is 18.2 Å². The molecule has 0 spiro atoms. The number of aromatic nitrogens is 1. The van der Waals surface area contributed by atoms with Crippen molar-refractivity contribution < 1.29 is 21.8 Å². The maximum atomic E-state index is 10.9. The summed E-state index contributed by atoms with van der Waals surface area (Å²) in [4.78, 5) is 14.5.